The Kier molecular flexibility index (Phi) is 4.07. The van der Waals surface area contributed by atoms with Gasteiger partial charge in [0.15, 0.2) is 5.78 Å². The Bertz CT molecular complexity index is 447. The van der Waals surface area contributed by atoms with Gasteiger partial charge in [0.2, 0.25) is 0 Å². The number of nitrogens with two attached hydrogens (primary N) is 1. The van der Waals surface area contributed by atoms with Crippen molar-refractivity contribution in [3.63, 3.8) is 0 Å². The predicted octanol–water partition coefficient (Wildman–Crippen LogP) is 2.91. The first-order chi connectivity index (χ1) is 8.63. The summed E-state index contributed by atoms with van der Waals surface area (Å²) in [5.74, 6) is -1.71. The standard InChI is InChI=1S/C14H17F2NO/c15-10-5-6-13(16)12(7-10)14(18)11-4-2-1-3-9(11)8-17/h5-7,9,11H,1-4,8,17H2. The summed E-state index contributed by atoms with van der Waals surface area (Å²) in [7, 11) is 0. The molecule has 0 heterocycles. The van der Waals surface area contributed by atoms with Gasteiger partial charge in [0.05, 0.1) is 5.56 Å². The van der Waals surface area contributed by atoms with Crippen LogP contribution in [0.3, 0.4) is 0 Å². The fourth-order valence-electron chi connectivity index (χ4n) is 2.72. The number of rotatable bonds is 3. The fourth-order valence-corrected chi connectivity index (χ4v) is 2.72. The van der Waals surface area contributed by atoms with Gasteiger partial charge in [0.1, 0.15) is 11.6 Å². The molecule has 1 fully saturated rings. The molecule has 4 heteroatoms. The third-order valence-corrected chi connectivity index (χ3v) is 3.74. The molecule has 0 aliphatic heterocycles. The molecule has 0 bridgehead atoms. The summed E-state index contributed by atoms with van der Waals surface area (Å²) in [6.45, 7) is 0.424. The molecule has 0 radical (unpaired) electrons. The maximum Gasteiger partial charge on any atom is 0.169 e. The number of carbonyl (C=O) groups excluding carboxylic acids is 1. The minimum atomic E-state index is -0.650. The molecule has 0 amide bonds. The van der Waals surface area contributed by atoms with Crippen molar-refractivity contribution in [3.05, 3.63) is 35.4 Å². The Morgan fingerprint density at radius 2 is 2.00 bits per heavy atom. The summed E-state index contributed by atoms with van der Waals surface area (Å²) in [6.07, 6.45) is 3.61. The van der Waals surface area contributed by atoms with Gasteiger partial charge in [0.25, 0.3) is 0 Å². The minimum absolute atomic E-state index is 0.0916. The highest BCUT2D eigenvalue weighted by Crippen LogP contribution is 2.32. The quantitative estimate of drug-likeness (QED) is 0.842. The number of halogens is 2. The highest BCUT2D eigenvalue weighted by atomic mass is 19.1. The molecule has 18 heavy (non-hydrogen) atoms. The smallest absolute Gasteiger partial charge is 0.169 e. The predicted molar refractivity (Wildman–Crippen MR) is 65.2 cm³/mol. The minimum Gasteiger partial charge on any atom is -0.330 e. The van der Waals surface area contributed by atoms with Gasteiger partial charge in [-0.1, -0.05) is 12.8 Å². The van der Waals surface area contributed by atoms with Crippen molar-refractivity contribution in [2.24, 2.45) is 17.6 Å². The van der Waals surface area contributed by atoms with E-state index in [0.29, 0.717) is 6.54 Å². The maximum atomic E-state index is 13.6. The molecule has 1 aromatic rings. The lowest BCUT2D eigenvalue weighted by molar-refractivity contribution is 0.0825. The lowest BCUT2D eigenvalue weighted by Crippen LogP contribution is -2.32. The lowest BCUT2D eigenvalue weighted by Gasteiger charge is -2.29. The van der Waals surface area contributed by atoms with Crippen LogP contribution in [0.4, 0.5) is 8.78 Å². The number of hydrogen-bond acceptors (Lipinski definition) is 2. The molecule has 1 aliphatic rings. The van der Waals surface area contributed by atoms with Gasteiger partial charge in [-0.2, -0.15) is 0 Å². The first-order valence-electron chi connectivity index (χ1n) is 6.33. The molecule has 0 spiro atoms. The second-order valence-corrected chi connectivity index (χ2v) is 4.88. The molecule has 2 rings (SSSR count). The van der Waals surface area contributed by atoms with Crippen LogP contribution in [-0.2, 0) is 0 Å². The van der Waals surface area contributed by atoms with Crippen molar-refractivity contribution in [3.8, 4) is 0 Å². The van der Waals surface area contributed by atoms with Crippen LogP contribution >= 0.6 is 0 Å². The van der Waals surface area contributed by atoms with Gasteiger partial charge < -0.3 is 5.73 Å². The Morgan fingerprint density at radius 3 is 2.72 bits per heavy atom. The number of ketones is 1. The summed E-state index contributed by atoms with van der Waals surface area (Å²) >= 11 is 0. The van der Waals surface area contributed by atoms with E-state index in [1.807, 2.05) is 0 Å². The largest absolute Gasteiger partial charge is 0.330 e. The molecule has 1 aromatic carbocycles. The highest BCUT2D eigenvalue weighted by Gasteiger charge is 2.31. The monoisotopic (exact) mass is 253 g/mol. The van der Waals surface area contributed by atoms with Crippen molar-refractivity contribution < 1.29 is 13.6 Å². The molecule has 0 aromatic heterocycles. The fraction of sp³-hybridized carbons (Fsp3) is 0.500. The Hall–Kier alpha value is -1.29. The normalized spacial score (nSPS) is 23.9. The summed E-state index contributed by atoms with van der Waals surface area (Å²) in [5.41, 5.74) is 5.52. The topological polar surface area (TPSA) is 43.1 Å². The second kappa shape index (κ2) is 5.57. The van der Waals surface area contributed by atoms with Crippen LogP contribution in [0.15, 0.2) is 18.2 Å². The van der Waals surface area contributed by atoms with Crippen molar-refractivity contribution in [2.45, 2.75) is 25.7 Å². The van der Waals surface area contributed by atoms with Crippen LogP contribution in [0.1, 0.15) is 36.0 Å². The summed E-state index contributed by atoms with van der Waals surface area (Å²) < 4.78 is 26.7. The van der Waals surface area contributed by atoms with E-state index in [4.69, 9.17) is 5.73 Å². The number of benzene rings is 1. The van der Waals surface area contributed by atoms with Crippen LogP contribution in [0.25, 0.3) is 0 Å². The van der Waals surface area contributed by atoms with Crippen LogP contribution in [0.2, 0.25) is 0 Å². The second-order valence-electron chi connectivity index (χ2n) is 4.88. The molecule has 2 atom stereocenters. The third kappa shape index (κ3) is 2.58. The van der Waals surface area contributed by atoms with Crippen molar-refractivity contribution in [2.75, 3.05) is 6.54 Å². The first kappa shape index (κ1) is 13.1. The van der Waals surface area contributed by atoms with E-state index in [2.05, 4.69) is 0 Å². The van der Waals surface area contributed by atoms with E-state index in [0.717, 1.165) is 43.9 Å². The SMILES string of the molecule is NCC1CCCCC1C(=O)c1cc(F)ccc1F. The third-order valence-electron chi connectivity index (χ3n) is 3.74. The highest BCUT2D eigenvalue weighted by molar-refractivity contribution is 5.98. The molecule has 2 unspecified atom stereocenters. The van der Waals surface area contributed by atoms with E-state index >= 15 is 0 Å². The van der Waals surface area contributed by atoms with Gasteiger partial charge in [-0.25, -0.2) is 8.78 Å². The zero-order valence-corrected chi connectivity index (χ0v) is 10.2. The Morgan fingerprint density at radius 1 is 1.28 bits per heavy atom. The van der Waals surface area contributed by atoms with E-state index in [1.165, 1.54) is 0 Å². The molecular formula is C14H17F2NO. The summed E-state index contributed by atoms with van der Waals surface area (Å²) in [6, 6.07) is 3.01. The van der Waals surface area contributed by atoms with Gasteiger partial charge in [-0.3, -0.25) is 4.79 Å². The van der Waals surface area contributed by atoms with E-state index in [-0.39, 0.29) is 23.2 Å². The molecule has 98 valence electrons. The van der Waals surface area contributed by atoms with Crippen LogP contribution < -0.4 is 5.73 Å². The van der Waals surface area contributed by atoms with Crippen molar-refractivity contribution >= 4 is 5.78 Å². The maximum absolute atomic E-state index is 13.6. The van der Waals surface area contributed by atoms with E-state index < -0.39 is 11.6 Å². The average molecular weight is 253 g/mol. The Balaban J connectivity index is 2.26. The van der Waals surface area contributed by atoms with Gasteiger partial charge in [-0.05, 0) is 43.5 Å². The zero-order valence-electron chi connectivity index (χ0n) is 10.2. The van der Waals surface area contributed by atoms with Crippen molar-refractivity contribution in [1.82, 2.24) is 0 Å². The first-order valence-corrected chi connectivity index (χ1v) is 6.33. The van der Waals surface area contributed by atoms with E-state index in [9.17, 15) is 13.6 Å². The molecule has 2 nitrogen and oxygen atoms in total. The van der Waals surface area contributed by atoms with Gasteiger partial charge in [-0.15, -0.1) is 0 Å². The molecular weight excluding hydrogens is 236 g/mol. The molecule has 0 saturated heterocycles. The molecule has 1 saturated carbocycles. The summed E-state index contributed by atoms with van der Waals surface area (Å²) in [5, 5.41) is 0. The molecule has 2 N–H and O–H groups in total. The van der Waals surface area contributed by atoms with Crippen LogP contribution in [0.5, 0.6) is 0 Å². The average Bonchev–Trinajstić information content (AvgIpc) is 2.40. The van der Waals surface area contributed by atoms with Crippen molar-refractivity contribution in [1.29, 1.82) is 0 Å². The summed E-state index contributed by atoms with van der Waals surface area (Å²) in [4.78, 5) is 12.3. The van der Waals surface area contributed by atoms with Crippen LogP contribution in [-0.4, -0.2) is 12.3 Å². The number of hydrogen-bond donors (Lipinski definition) is 1. The number of carbonyl (C=O) groups is 1. The number of Topliss-reactive ketones (excluding diaryl/α,β-unsaturated/α-hetero) is 1. The zero-order chi connectivity index (χ0) is 13.1. The van der Waals surface area contributed by atoms with Gasteiger partial charge in [0, 0.05) is 5.92 Å². The Labute approximate surface area is 105 Å². The molecule has 1 aliphatic carbocycles. The van der Waals surface area contributed by atoms with E-state index in [1.54, 1.807) is 0 Å². The lowest BCUT2D eigenvalue weighted by atomic mass is 9.75. The van der Waals surface area contributed by atoms with Gasteiger partial charge >= 0.3 is 0 Å². The van der Waals surface area contributed by atoms with Crippen LogP contribution in [0, 0.1) is 23.5 Å².